The van der Waals surface area contributed by atoms with Gasteiger partial charge in [-0.25, -0.2) is 4.79 Å². The van der Waals surface area contributed by atoms with Gasteiger partial charge < -0.3 is 5.11 Å². The lowest BCUT2D eigenvalue weighted by atomic mass is 10.1. The van der Waals surface area contributed by atoms with Crippen LogP contribution in [0.2, 0.25) is 0 Å². The summed E-state index contributed by atoms with van der Waals surface area (Å²) in [4.78, 5) is 37.0. The van der Waals surface area contributed by atoms with Crippen LogP contribution in [0.5, 0.6) is 0 Å². The molecule has 6 heteroatoms. The van der Waals surface area contributed by atoms with E-state index in [0.29, 0.717) is 21.2 Å². The van der Waals surface area contributed by atoms with Crippen molar-refractivity contribution in [3.8, 4) is 0 Å². The molecule has 1 heterocycles. The van der Waals surface area contributed by atoms with Gasteiger partial charge in [-0.15, -0.1) is 0 Å². The summed E-state index contributed by atoms with van der Waals surface area (Å²) in [5.74, 6) is -1.91. The number of nitrogens with zero attached hydrogens (tertiary/aromatic N) is 1. The fourth-order valence-corrected chi connectivity index (χ4v) is 2.80. The molecule has 0 fully saturated rings. The maximum absolute atomic E-state index is 12.3. The largest absolute Gasteiger partial charge is 0.478 e. The summed E-state index contributed by atoms with van der Waals surface area (Å²) in [6, 6.07) is 11.3. The zero-order valence-corrected chi connectivity index (χ0v) is 12.8. The van der Waals surface area contributed by atoms with Crippen LogP contribution in [0.15, 0.2) is 46.9 Å². The second-order valence-corrected chi connectivity index (χ2v) is 5.76. The Balaban J connectivity index is 1.98. The molecule has 1 aliphatic rings. The number of hydrogen-bond donors (Lipinski definition) is 1. The van der Waals surface area contributed by atoms with Crippen molar-refractivity contribution in [2.24, 2.45) is 0 Å². The zero-order chi connectivity index (χ0) is 15.9. The summed E-state index contributed by atoms with van der Waals surface area (Å²) in [5.41, 5.74) is 1.17. The Hall–Kier alpha value is -2.47. The smallest absolute Gasteiger partial charge is 0.336 e. The van der Waals surface area contributed by atoms with E-state index in [9.17, 15) is 19.5 Å². The van der Waals surface area contributed by atoms with Crippen molar-refractivity contribution in [2.75, 3.05) is 0 Å². The summed E-state index contributed by atoms with van der Waals surface area (Å²) in [7, 11) is 0. The first kappa shape index (κ1) is 14.5. The van der Waals surface area contributed by atoms with Crippen molar-refractivity contribution in [1.82, 2.24) is 4.90 Å². The van der Waals surface area contributed by atoms with Crippen molar-refractivity contribution >= 4 is 33.7 Å². The van der Waals surface area contributed by atoms with E-state index in [1.165, 1.54) is 6.07 Å². The van der Waals surface area contributed by atoms with Crippen LogP contribution in [0.3, 0.4) is 0 Å². The quantitative estimate of drug-likeness (QED) is 0.854. The van der Waals surface area contributed by atoms with E-state index in [4.69, 9.17) is 0 Å². The van der Waals surface area contributed by atoms with Gasteiger partial charge >= 0.3 is 5.97 Å². The number of halogens is 1. The minimum atomic E-state index is -1.10. The number of hydrogen-bond acceptors (Lipinski definition) is 3. The molecule has 0 spiro atoms. The Morgan fingerprint density at radius 1 is 1.05 bits per heavy atom. The lowest BCUT2D eigenvalue weighted by Crippen LogP contribution is -2.29. The van der Waals surface area contributed by atoms with Crippen LogP contribution in [-0.4, -0.2) is 27.8 Å². The van der Waals surface area contributed by atoms with Crippen molar-refractivity contribution in [3.63, 3.8) is 0 Å². The van der Waals surface area contributed by atoms with Crippen LogP contribution in [0.25, 0.3) is 0 Å². The van der Waals surface area contributed by atoms with Crippen molar-refractivity contribution < 1.29 is 19.5 Å². The molecule has 3 rings (SSSR count). The predicted octanol–water partition coefficient (Wildman–Crippen LogP) is 2.94. The van der Waals surface area contributed by atoms with Gasteiger partial charge in [0.05, 0.1) is 23.2 Å². The van der Waals surface area contributed by atoms with Gasteiger partial charge in [-0.1, -0.05) is 34.1 Å². The Morgan fingerprint density at radius 2 is 1.64 bits per heavy atom. The van der Waals surface area contributed by atoms with E-state index in [0.717, 1.165) is 4.90 Å². The highest BCUT2D eigenvalue weighted by atomic mass is 79.9. The fraction of sp³-hybridized carbons (Fsp3) is 0.0625. The molecule has 22 heavy (non-hydrogen) atoms. The molecule has 0 atom stereocenters. The van der Waals surface area contributed by atoms with E-state index in [2.05, 4.69) is 15.9 Å². The van der Waals surface area contributed by atoms with Crippen LogP contribution in [0.1, 0.15) is 36.6 Å². The van der Waals surface area contributed by atoms with E-state index in [-0.39, 0.29) is 12.1 Å². The molecule has 2 aromatic rings. The molecule has 0 aromatic heterocycles. The molecule has 0 radical (unpaired) electrons. The topological polar surface area (TPSA) is 74.7 Å². The molecular formula is C16H10BrNO4. The summed E-state index contributed by atoms with van der Waals surface area (Å²) < 4.78 is 0.621. The summed E-state index contributed by atoms with van der Waals surface area (Å²) in [5, 5.41) is 9.26. The highest BCUT2D eigenvalue weighted by Crippen LogP contribution is 2.26. The molecule has 2 amide bonds. The lowest BCUT2D eigenvalue weighted by molar-refractivity contribution is 0.0627. The second kappa shape index (κ2) is 5.38. The number of benzene rings is 2. The van der Waals surface area contributed by atoms with E-state index in [1.807, 2.05) is 0 Å². The third-order valence-electron chi connectivity index (χ3n) is 3.51. The number of carbonyl (C=O) groups excluding carboxylic acids is 2. The molecule has 1 N–H and O–H groups in total. The Bertz CT molecular complexity index is 781. The predicted molar refractivity (Wildman–Crippen MR) is 81.7 cm³/mol. The molecule has 1 aliphatic heterocycles. The molecular weight excluding hydrogens is 350 g/mol. The van der Waals surface area contributed by atoms with E-state index in [1.54, 1.807) is 36.4 Å². The summed E-state index contributed by atoms with van der Waals surface area (Å²) >= 11 is 3.21. The van der Waals surface area contributed by atoms with Gasteiger partial charge in [0.1, 0.15) is 0 Å². The highest BCUT2D eigenvalue weighted by molar-refractivity contribution is 9.10. The number of rotatable bonds is 3. The van der Waals surface area contributed by atoms with Crippen molar-refractivity contribution in [2.45, 2.75) is 6.54 Å². The maximum Gasteiger partial charge on any atom is 0.336 e. The van der Waals surface area contributed by atoms with Crippen LogP contribution < -0.4 is 0 Å². The highest BCUT2D eigenvalue weighted by Gasteiger charge is 2.35. The number of fused-ring (bicyclic) bond motifs is 1. The third kappa shape index (κ3) is 2.31. The van der Waals surface area contributed by atoms with Gasteiger partial charge in [-0.05, 0) is 29.8 Å². The van der Waals surface area contributed by atoms with Crippen LogP contribution >= 0.6 is 15.9 Å². The number of carbonyl (C=O) groups is 3. The third-order valence-corrected chi connectivity index (χ3v) is 4.00. The van der Waals surface area contributed by atoms with Gasteiger partial charge in [0.25, 0.3) is 11.8 Å². The van der Waals surface area contributed by atoms with Crippen LogP contribution in [0, 0.1) is 0 Å². The number of aromatic carboxylic acids is 1. The SMILES string of the molecule is O=C(O)c1cc(Br)ccc1CN1C(=O)c2ccccc2C1=O. The van der Waals surface area contributed by atoms with Crippen LogP contribution in [-0.2, 0) is 6.54 Å². The van der Waals surface area contributed by atoms with Crippen molar-refractivity contribution in [1.29, 1.82) is 0 Å². The molecule has 110 valence electrons. The fourth-order valence-electron chi connectivity index (χ4n) is 2.44. The first-order valence-corrected chi connectivity index (χ1v) is 7.25. The van der Waals surface area contributed by atoms with Crippen LogP contribution in [0.4, 0.5) is 0 Å². The first-order valence-electron chi connectivity index (χ1n) is 6.46. The number of amides is 2. The Morgan fingerprint density at radius 3 is 2.18 bits per heavy atom. The molecule has 0 saturated heterocycles. The first-order chi connectivity index (χ1) is 10.5. The summed E-state index contributed by atoms with van der Waals surface area (Å²) in [6.45, 7) is -0.0682. The molecule has 0 saturated carbocycles. The zero-order valence-electron chi connectivity index (χ0n) is 11.2. The van der Waals surface area contributed by atoms with Gasteiger partial charge in [0.2, 0.25) is 0 Å². The van der Waals surface area contributed by atoms with E-state index >= 15 is 0 Å². The Kier molecular flexibility index (Phi) is 3.54. The summed E-state index contributed by atoms with van der Waals surface area (Å²) in [6.07, 6.45) is 0. The van der Waals surface area contributed by atoms with Gasteiger partial charge in [0, 0.05) is 4.47 Å². The molecule has 0 aliphatic carbocycles. The standard InChI is InChI=1S/C16H10BrNO4/c17-10-6-5-9(13(7-10)16(21)22)8-18-14(19)11-3-1-2-4-12(11)15(18)20/h1-7H,8H2,(H,21,22). The number of carboxylic acid groups (broad SMARTS) is 1. The monoisotopic (exact) mass is 359 g/mol. The van der Waals surface area contributed by atoms with Gasteiger partial charge in [-0.2, -0.15) is 0 Å². The Labute approximate surface area is 134 Å². The number of carboxylic acids is 1. The minimum absolute atomic E-state index is 0.0610. The molecule has 0 unspecified atom stereocenters. The van der Waals surface area contributed by atoms with Gasteiger partial charge in [-0.3, -0.25) is 14.5 Å². The minimum Gasteiger partial charge on any atom is -0.478 e. The average molecular weight is 360 g/mol. The second-order valence-electron chi connectivity index (χ2n) is 4.85. The molecule has 5 nitrogen and oxygen atoms in total. The normalized spacial score (nSPS) is 13.4. The molecule has 2 aromatic carbocycles. The van der Waals surface area contributed by atoms with E-state index < -0.39 is 17.8 Å². The maximum atomic E-state index is 12.3. The lowest BCUT2D eigenvalue weighted by Gasteiger charge is -2.15. The van der Waals surface area contributed by atoms with Crippen molar-refractivity contribution in [3.05, 3.63) is 69.2 Å². The molecule has 0 bridgehead atoms. The van der Waals surface area contributed by atoms with Gasteiger partial charge in [0.15, 0.2) is 0 Å². The number of imide groups is 1. The average Bonchev–Trinajstić information content (AvgIpc) is 2.74.